The minimum absolute atomic E-state index is 0. The fourth-order valence-corrected chi connectivity index (χ4v) is 1.30. The summed E-state index contributed by atoms with van der Waals surface area (Å²) in [7, 11) is 3.57. The van der Waals surface area contributed by atoms with Crippen LogP contribution in [0.1, 0.15) is 0 Å². The van der Waals surface area contributed by atoms with Crippen LogP contribution in [0, 0.1) is 0 Å². The molecule has 0 radical (unpaired) electrons. The van der Waals surface area contributed by atoms with Gasteiger partial charge in [-0.2, -0.15) is 0 Å². The van der Waals surface area contributed by atoms with Gasteiger partial charge in [-0.1, -0.05) is 29.3 Å². The van der Waals surface area contributed by atoms with Crippen LogP contribution < -0.4 is 11.2 Å². The van der Waals surface area contributed by atoms with Gasteiger partial charge in [0.2, 0.25) is 5.96 Å². The first-order valence-electron chi connectivity index (χ1n) is 4.23. The lowest BCUT2D eigenvalue weighted by molar-refractivity contribution is 0.613. The maximum Gasteiger partial charge on any atom is 0.213 e. The zero-order valence-electron chi connectivity index (χ0n) is 8.87. The van der Waals surface area contributed by atoms with Gasteiger partial charge in [0.1, 0.15) is 0 Å². The number of para-hydroxylation sites is 1. The van der Waals surface area contributed by atoms with E-state index in [1.54, 1.807) is 37.2 Å². The highest BCUT2D eigenvalue weighted by Crippen LogP contribution is 2.29. The second-order valence-corrected chi connectivity index (χ2v) is 3.89. The SMILES string of the molecule is CN(C)/C(N)=N/Nc1c(Cl)cccc1Cl.Cl. The molecule has 16 heavy (non-hydrogen) atoms. The predicted molar refractivity (Wildman–Crippen MR) is 72.6 cm³/mol. The minimum atomic E-state index is 0. The fourth-order valence-electron chi connectivity index (χ4n) is 0.818. The van der Waals surface area contributed by atoms with Gasteiger partial charge in [-0.25, -0.2) is 0 Å². The summed E-state index contributed by atoms with van der Waals surface area (Å²) in [5.74, 6) is 0.339. The van der Waals surface area contributed by atoms with Crippen LogP contribution in [0.3, 0.4) is 0 Å². The first kappa shape index (κ1) is 15.2. The first-order valence-corrected chi connectivity index (χ1v) is 4.98. The lowest BCUT2D eigenvalue weighted by atomic mass is 10.3. The van der Waals surface area contributed by atoms with Gasteiger partial charge in [0, 0.05) is 14.1 Å². The quantitative estimate of drug-likeness (QED) is 0.498. The molecular weight excluding hydrogens is 270 g/mol. The number of guanidine groups is 1. The number of halogens is 3. The monoisotopic (exact) mass is 282 g/mol. The van der Waals surface area contributed by atoms with Crippen molar-refractivity contribution in [2.75, 3.05) is 19.5 Å². The molecule has 1 rings (SSSR count). The summed E-state index contributed by atoms with van der Waals surface area (Å²) in [6, 6.07) is 5.20. The summed E-state index contributed by atoms with van der Waals surface area (Å²) >= 11 is 11.8. The Balaban J connectivity index is 0.00000225. The van der Waals surface area contributed by atoms with Crippen molar-refractivity contribution in [3.8, 4) is 0 Å². The maximum atomic E-state index is 5.92. The van der Waals surface area contributed by atoms with Crippen molar-refractivity contribution in [1.82, 2.24) is 4.90 Å². The van der Waals surface area contributed by atoms with Gasteiger partial charge in [0.15, 0.2) is 0 Å². The Kier molecular flexibility index (Phi) is 6.33. The Morgan fingerprint density at radius 3 is 2.25 bits per heavy atom. The number of nitrogens with two attached hydrogens (primary N) is 1. The molecule has 0 spiro atoms. The van der Waals surface area contributed by atoms with E-state index in [9.17, 15) is 0 Å². The highest BCUT2D eigenvalue weighted by Gasteiger charge is 2.04. The molecule has 0 saturated carbocycles. The number of nitrogens with one attached hydrogen (secondary N) is 1. The summed E-state index contributed by atoms with van der Waals surface area (Å²) in [4.78, 5) is 1.66. The zero-order chi connectivity index (χ0) is 11.4. The molecule has 7 heteroatoms. The molecular formula is C9H13Cl3N4. The molecule has 0 bridgehead atoms. The van der Waals surface area contributed by atoms with Crippen LogP contribution in [0.15, 0.2) is 23.3 Å². The first-order chi connectivity index (χ1) is 7.02. The molecule has 0 heterocycles. The highest BCUT2D eigenvalue weighted by atomic mass is 35.5. The molecule has 0 aliphatic rings. The third-order valence-electron chi connectivity index (χ3n) is 1.70. The van der Waals surface area contributed by atoms with Crippen molar-refractivity contribution in [3.63, 3.8) is 0 Å². The molecule has 0 fully saturated rings. The smallest absolute Gasteiger partial charge is 0.213 e. The van der Waals surface area contributed by atoms with Crippen LogP contribution in [0.4, 0.5) is 5.69 Å². The van der Waals surface area contributed by atoms with Gasteiger partial charge >= 0.3 is 0 Å². The number of rotatable bonds is 2. The van der Waals surface area contributed by atoms with Crippen LogP contribution in [0.2, 0.25) is 10.0 Å². The van der Waals surface area contributed by atoms with Gasteiger partial charge in [-0.05, 0) is 12.1 Å². The Morgan fingerprint density at radius 1 is 1.31 bits per heavy atom. The number of nitrogens with zero attached hydrogens (tertiary/aromatic N) is 2. The molecule has 90 valence electrons. The van der Waals surface area contributed by atoms with Crippen molar-refractivity contribution in [1.29, 1.82) is 0 Å². The highest BCUT2D eigenvalue weighted by molar-refractivity contribution is 6.39. The van der Waals surface area contributed by atoms with E-state index in [4.69, 9.17) is 28.9 Å². The van der Waals surface area contributed by atoms with E-state index in [0.717, 1.165) is 0 Å². The molecule has 0 amide bonds. The Morgan fingerprint density at radius 2 is 1.81 bits per heavy atom. The summed E-state index contributed by atoms with van der Waals surface area (Å²) in [5, 5.41) is 4.91. The molecule has 0 aliphatic carbocycles. The van der Waals surface area contributed by atoms with Gasteiger partial charge in [-0.3, -0.25) is 5.43 Å². The Bertz CT molecular complexity index is 359. The van der Waals surface area contributed by atoms with Crippen LogP contribution in [-0.4, -0.2) is 25.0 Å². The van der Waals surface area contributed by atoms with E-state index in [0.29, 0.717) is 21.7 Å². The summed E-state index contributed by atoms with van der Waals surface area (Å²) in [6.45, 7) is 0. The van der Waals surface area contributed by atoms with Crippen molar-refractivity contribution in [2.45, 2.75) is 0 Å². The van der Waals surface area contributed by atoms with E-state index in [1.165, 1.54) is 0 Å². The number of anilines is 1. The molecule has 1 aromatic carbocycles. The summed E-state index contributed by atoms with van der Waals surface area (Å²) in [6.07, 6.45) is 0. The van der Waals surface area contributed by atoms with Crippen LogP contribution >= 0.6 is 35.6 Å². The van der Waals surface area contributed by atoms with Gasteiger partial charge < -0.3 is 10.6 Å². The van der Waals surface area contributed by atoms with Crippen molar-refractivity contribution < 1.29 is 0 Å². The average Bonchev–Trinajstić information content (AvgIpc) is 2.16. The molecule has 1 aromatic rings. The lowest BCUT2D eigenvalue weighted by Gasteiger charge is -2.11. The number of hydrogen-bond acceptors (Lipinski definition) is 2. The van der Waals surface area contributed by atoms with Crippen LogP contribution in [0.5, 0.6) is 0 Å². The molecule has 4 nitrogen and oxygen atoms in total. The largest absolute Gasteiger partial charge is 0.368 e. The minimum Gasteiger partial charge on any atom is -0.368 e. The molecule has 3 N–H and O–H groups in total. The summed E-state index contributed by atoms with van der Waals surface area (Å²) in [5.41, 5.74) is 8.86. The predicted octanol–water partition coefficient (Wildman–Crippen LogP) is 2.62. The normalized spacial score (nSPS) is 10.6. The van der Waals surface area contributed by atoms with Gasteiger partial charge in [0.25, 0.3) is 0 Å². The van der Waals surface area contributed by atoms with Gasteiger partial charge in [-0.15, -0.1) is 17.5 Å². The second kappa shape index (κ2) is 6.68. The zero-order valence-corrected chi connectivity index (χ0v) is 11.2. The van der Waals surface area contributed by atoms with Crippen molar-refractivity contribution >= 4 is 47.3 Å². The third-order valence-corrected chi connectivity index (χ3v) is 2.33. The number of benzene rings is 1. The second-order valence-electron chi connectivity index (χ2n) is 3.07. The number of hydrogen-bond donors (Lipinski definition) is 2. The van der Waals surface area contributed by atoms with Crippen LogP contribution in [0.25, 0.3) is 0 Å². The average molecular weight is 284 g/mol. The van der Waals surface area contributed by atoms with E-state index in [-0.39, 0.29) is 12.4 Å². The summed E-state index contributed by atoms with van der Waals surface area (Å²) < 4.78 is 0. The van der Waals surface area contributed by atoms with E-state index >= 15 is 0 Å². The standard InChI is InChI=1S/C9H12Cl2N4.ClH/c1-15(2)9(12)14-13-8-6(10)4-3-5-7(8)11;/h3-5,13H,1-2H3,(H2,12,14);1H. The maximum absolute atomic E-state index is 5.92. The third kappa shape index (κ3) is 3.96. The Labute approximate surface area is 111 Å². The molecule has 0 saturated heterocycles. The van der Waals surface area contributed by atoms with Crippen LogP contribution in [-0.2, 0) is 0 Å². The van der Waals surface area contributed by atoms with E-state index < -0.39 is 0 Å². The van der Waals surface area contributed by atoms with Crippen molar-refractivity contribution in [2.24, 2.45) is 10.8 Å². The topological polar surface area (TPSA) is 53.6 Å². The molecule has 0 aromatic heterocycles. The number of hydrazone groups is 1. The molecule has 0 unspecified atom stereocenters. The van der Waals surface area contributed by atoms with Gasteiger partial charge in [0.05, 0.1) is 15.7 Å². The van der Waals surface area contributed by atoms with E-state index in [2.05, 4.69) is 10.5 Å². The van der Waals surface area contributed by atoms with E-state index in [1.807, 2.05) is 0 Å². The fraction of sp³-hybridized carbons (Fsp3) is 0.222. The molecule has 0 atom stereocenters. The Hall–Kier alpha value is -0.840. The molecule has 0 aliphatic heterocycles. The lowest BCUT2D eigenvalue weighted by Crippen LogP contribution is -2.31. The van der Waals surface area contributed by atoms with Crippen molar-refractivity contribution in [3.05, 3.63) is 28.2 Å².